The van der Waals surface area contributed by atoms with Crippen LogP contribution in [0.5, 0.6) is 0 Å². The molecule has 6 heteroatoms. The zero-order valence-electron chi connectivity index (χ0n) is 13.7. The number of hydrogen-bond donors (Lipinski definition) is 1. The highest BCUT2D eigenvalue weighted by Gasteiger charge is 2.18. The fourth-order valence-corrected chi connectivity index (χ4v) is 3.09. The molecule has 2 aromatic heterocycles. The number of hydrogen-bond acceptors (Lipinski definition) is 3. The largest absolute Gasteiger partial charge is 0.364 e. The van der Waals surface area contributed by atoms with Crippen molar-refractivity contribution in [2.45, 2.75) is 65.6 Å². The molecule has 0 aliphatic heterocycles. The summed E-state index contributed by atoms with van der Waals surface area (Å²) in [4.78, 5) is 0. The Morgan fingerprint density at radius 1 is 1.18 bits per heavy atom. The van der Waals surface area contributed by atoms with E-state index >= 15 is 0 Å². The summed E-state index contributed by atoms with van der Waals surface area (Å²) in [5, 5.41) is 12.7. The first-order valence-corrected chi connectivity index (χ1v) is 8.00. The molecule has 2 aromatic rings. The lowest BCUT2D eigenvalue weighted by Gasteiger charge is -2.08. The van der Waals surface area contributed by atoms with E-state index in [1.807, 2.05) is 4.68 Å². The number of aryl methyl sites for hydroxylation is 3. The molecule has 2 heterocycles. The van der Waals surface area contributed by atoms with Gasteiger partial charge in [0, 0.05) is 36.6 Å². The molecule has 1 saturated carbocycles. The van der Waals surface area contributed by atoms with E-state index in [1.165, 1.54) is 36.8 Å². The zero-order valence-corrected chi connectivity index (χ0v) is 14.5. The molecule has 0 atom stereocenters. The second-order valence-corrected chi connectivity index (χ2v) is 6.03. The molecule has 1 fully saturated rings. The number of anilines is 1. The van der Waals surface area contributed by atoms with Crippen LogP contribution in [0, 0.1) is 13.8 Å². The van der Waals surface area contributed by atoms with E-state index in [2.05, 4.69) is 48.3 Å². The summed E-state index contributed by atoms with van der Waals surface area (Å²) in [6, 6.07) is 0.610. The molecule has 22 heavy (non-hydrogen) atoms. The molecule has 0 amide bonds. The van der Waals surface area contributed by atoms with Gasteiger partial charge in [-0.25, -0.2) is 0 Å². The maximum absolute atomic E-state index is 4.70. The summed E-state index contributed by atoms with van der Waals surface area (Å²) in [5.74, 6) is 0.977. The van der Waals surface area contributed by atoms with Gasteiger partial charge in [0.05, 0.1) is 11.7 Å². The number of rotatable bonds is 5. The summed E-state index contributed by atoms with van der Waals surface area (Å²) in [7, 11) is 0. The average Bonchev–Trinajstić information content (AvgIpc) is 3.17. The van der Waals surface area contributed by atoms with Crippen LogP contribution in [0.2, 0.25) is 0 Å². The third kappa shape index (κ3) is 3.46. The van der Waals surface area contributed by atoms with Gasteiger partial charge in [0.25, 0.3) is 0 Å². The van der Waals surface area contributed by atoms with Gasteiger partial charge in [-0.05, 0) is 33.6 Å². The molecule has 1 N–H and O–H groups in total. The SMILES string of the molecule is CCn1cc(C)c(NCc2cn(C3CCCC3)nc2C)n1.Cl. The van der Waals surface area contributed by atoms with Gasteiger partial charge in [0.15, 0.2) is 5.82 Å². The van der Waals surface area contributed by atoms with Crippen molar-refractivity contribution in [3.05, 3.63) is 29.2 Å². The summed E-state index contributed by atoms with van der Waals surface area (Å²) in [5.41, 5.74) is 3.59. The van der Waals surface area contributed by atoms with E-state index in [9.17, 15) is 0 Å². The maximum atomic E-state index is 4.70. The normalized spacial score (nSPS) is 15.0. The van der Waals surface area contributed by atoms with E-state index in [-0.39, 0.29) is 12.4 Å². The molecule has 0 unspecified atom stereocenters. The van der Waals surface area contributed by atoms with E-state index in [0.717, 1.165) is 24.6 Å². The summed E-state index contributed by atoms with van der Waals surface area (Å²) in [6.45, 7) is 7.99. The molecule has 0 bridgehead atoms. The first kappa shape index (κ1) is 16.9. The third-order valence-corrected chi connectivity index (χ3v) is 4.43. The highest BCUT2D eigenvalue weighted by atomic mass is 35.5. The van der Waals surface area contributed by atoms with Crippen molar-refractivity contribution in [1.29, 1.82) is 0 Å². The third-order valence-electron chi connectivity index (χ3n) is 4.43. The minimum Gasteiger partial charge on any atom is -0.364 e. The minimum atomic E-state index is 0. The Bertz CT molecular complexity index is 610. The summed E-state index contributed by atoms with van der Waals surface area (Å²) >= 11 is 0. The van der Waals surface area contributed by atoms with E-state index in [1.54, 1.807) is 0 Å². The lowest BCUT2D eigenvalue weighted by molar-refractivity contribution is 0.464. The van der Waals surface area contributed by atoms with Crippen molar-refractivity contribution < 1.29 is 0 Å². The molecule has 122 valence electrons. The van der Waals surface area contributed by atoms with Gasteiger partial charge in [0.1, 0.15) is 0 Å². The van der Waals surface area contributed by atoms with Crippen LogP contribution < -0.4 is 5.32 Å². The zero-order chi connectivity index (χ0) is 14.8. The quantitative estimate of drug-likeness (QED) is 0.908. The van der Waals surface area contributed by atoms with E-state index in [4.69, 9.17) is 5.10 Å². The van der Waals surface area contributed by atoms with Crippen LogP contribution in [0.1, 0.15) is 55.5 Å². The van der Waals surface area contributed by atoms with Gasteiger partial charge in [-0.2, -0.15) is 10.2 Å². The fourth-order valence-electron chi connectivity index (χ4n) is 3.09. The van der Waals surface area contributed by atoms with Gasteiger partial charge in [-0.3, -0.25) is 9.36 Å². The topological polar surface area (TPSA) is 47.7 Å². The Labute approximate surface area is 138 Å². The first-order chi connectivity index (χ1) is 10.2. The summed E-state index contributed by atoms with van der Waals surface area (Å²) < 4.78 is 4.14. The smallest absolute Gasteiger partial charge is 0.151 e. The maximum Gasteiger partial charge on any atom is 0.151 e. The average molecular weight is 324 g/mol. The number of aromatic nitrogens is 4. The molecular weight excluding hydrogens is 298 g/mol. The van der Waals surface area contributed by atoms with Gasteiger partial charge in [0.2, 0.25) is 0 Å². The molecular formula is C16H26ClN5. The van der Waals surface area contributed by atoms with Crippen LogP contribution in [-0.4, -0.2) is 19.6 Å². The first-order valence-electron chi connectivity index (χ1n) is 8.00. The highest BCUT2D eigenvalue weighted by molar-refractivity contribution is 5.85. The Kier molecular flexibility index (Phi) is 5.51. The van der Waals surface area contributed by atoms with Crippen molar-refractivity contribution in [2.24, 2.45) is 0 Å². The number of nitrogens with one attached hydrogen (secondary N) is 1. The Balaban J connectivity index is 0.00000176. The molecule has 0 aromatic carbocycles. The van der Waals surface area contributed by atoms with Crippen LogP contribution in [0.15, 0.2) is 12.4 Å². The molecule has 0 saturated heterocycles. The molecule has 5 nitrogen and oxygen atoms in total. The standard InChI is InChI=1S/C16H25N5.ClH/c1-4-20-10-12(2)16(19-20)17-9-14-11-21(18-13(14)3)15-7-5-6-8-15;/h10-11,15H,4-9H2,1-3H3,(H,17,19);1H. The van der Waals surface area contributed by atoms with Gasteiger partial charge < -0.3 is 5.32 Å². The van der Waals surface area contributed by atoms with Gasteiger partial charge in [-0.15, -0.1) is 12.4 Å². The van der Waals surface area contributed by atoms with Crippen molar-refractivity contribution in [3.8, 4) is 0 Å². The van der Waals surface area contributed by atoms with Gasteiger partial charge >= 0.3 is 0 Å². The predicted molar refractivity (Wildman–Crippen MR) is 91.7 cm³/mol. The van der Waals surface area contributed by atoms with E-state index in [0.29, 0.717) is 6.04 Å². The Morgan fingerprint density at radius 2 is 1.91 bits per heavy atom. The molecule has 1 aliphatic carbocycles. The number of nitrogens with zero attached hydrogens (tertiary/aromatic N) is 4. The molecule has 0 radical (unpaired) electrons. The van der Waals surface area contributed by atoms with Crippen LogP contribution in [-0.2, 0) is 13.1 Å². The van der Waals surface area contributed by atoms with Gasteiger partial charge in [-0.1, -0.05) is 12.8 Å². The Morgan fingerprint density at radius 3 is 2.55 bits per heavy atom. The summed E-state index contributed by atoms with van der Waals surface area (Å²) in [6.07, 6.45) is 9.51. The number of halogens is 1. The lowest BCUT2D eigenvalue weighted by Crippen LogP contribution is -2.05. The molecule has 3 rings (SSSR count). The second-order valence-electron chi connectivity index (χ2n) is 6.03. The van der Waals surface area contributed by atoms with Crippen molar-refractivity contribution in [3.63, 3.8) is 0 Å². The monoisotopic (exact) mass is 323 g/mol. The van der Waals surface area contributed by atoms with Crippen LogP contribution in [0.25, 0.3) is 0 Å². The van der Waals surface area contributed by atoms with Crippen molar-refractivity contribution in [1.82, 2.24) is 19.6 Å². The second kappa shape index (κ2) is 7.18. The highest BCUT2D eigenvalue weighted by Crippen LogP contribution is 2.29. The predicted octanol–water partition coefficient (Wildman–Crippen LogP) is 3.87. The van der Waals surface area contributed by atoms with Crippen molar-refractivity contribution >= 4 is 18.2 Å². The molecule has 0 spiro atoms. The van der Waals surface area contributed by atoms with Crippen LogP contribution >= 0.6 is 12.4 Å². The minimum absolute atomic E-state index is 0. The Hall–Kier alpha value is -1.49. The lowest BCUT2D eigenvalue weighted by atomic mass is 10.2. The molecule has 1 aliphatic rings. The van der Waals surface area contributed by atoms with Crippen molar-refractivity contribution in [2.75, 3.05) is 5.32 Å². The van der Waals surface area contributed by atoms with Crippen LogP contribution in [0.3, 0.4) is 0 Å². The van der Waals surface area contributed by atoms with Crippen LogP contribution in [0.4, 0.5) is 5.82 Å². The fraction of sp³-hybridized carbons (Fsp3) is 0.625. The van der Waals surface area contributed by atoms with E-state index < -0.39 is 0 Å².